The Labute approximate surface area is 207 Å². The zero-order valence-electron chi connectivity index (χ0n) is 18.8. The fourth-order valence-electron chi connectivity index (χ4n) is 3.13. The maximum atomic E-state index is 13.3. The first-order valence-electron chi connectivity index (χ1n) is 10.2. The van der Waals surface area contributed by atoms with Crippen LogP contribution in [-0.4, -0.2) is 53.7 Å². The highest BCUT2D eigenvalue weighted by molar-refractivity contribution is 6.34. The van der Waals surface area contributed by atoms with Gasteiger partial charge in [0, 0.05) is 37.1 Å². The first-order valence-corrected chi connectivity index (χ1v) is 10.9. The van der Waals surface area contributed by atoms with Gasteiger partial charge < -0.3 is 14.5 Å². The molecule has 0 aliphatic carbocycles. The number of carbonyl (C=O) groups excluding carboxylic acids is 3. The molecule has 8 nitrogen and oxygen atoms in total. The van der Waals surface area contributed by atoms with E-state index in [4.69, 9.17) is 27.9 Å². The Morgan fingerprint density at radius 3 is 2.44 bits per heavy atom. The second-order valence-corrected chi connectivity index (χ2v) is 8.34. The third kappa shape index (κ3) is 6.09. The highest BCUT2D eigenvalue weighted by Crippen LogP contribution is 2.27. The number of amides is 2. The lowest BCUT2D eigenvalue weighted by molar-refractivity contribution is -0.117. The van der Waals surface area contributed by atoms with Gasteiger partial charge in [-0.2, -0.15) is 4.98 Å². The number of methoxy groups -OCH3 is 1. The number of rotatable bonds is 8. The molecule has 2 aromatic carbocycles. The smallest absolute Gasteiger partial charge is 0.254 e. The molecule has 0 radical (unpaired) electrons. The van der Waals surface area contributed by atoms with E-state index in [2.05, 4.69) is 9.97 Å². The van der Waals surface area contributed by atoms with Crippen molar-refractivity contribution in [2.45, 2.75) is 13.0 Å². The molecular weight excluding hydrogens is 479 g/mol. The van der Waals surface area contributed by atoms with Crippen molar-refractivity contribution < 1.29 is 19.1 Å². The zero-order chi connectivity index (χ0) is 24.8. The summed E-state index contributed by atoms with van der Waals surface area (Å²) in [5.41, 5.74) is 1.46. The molecule has 0 bridgehead atoms. The largest absolute Gasteiger partial charge is 0.481 e. The fraction of sp³-hybridized carbons (Fsp3) is 0.208. The minimum Gasteiger partial charge on any atom is -0.481 e. The van der Waals surface area contributed by atoms with Crippen molar-refractivity contribution >= 4 is 46.5 Å². The lowest BCUT2D eigenvalue weighted by Gasteiger charge is -2.24. The lowest BCUT2D eigenvalue weighted by atomic mass is 10.1. The van der Waals surface area contributed by atoms with Crippen molar-refractivity contribution in [1.82, 2.24) is 14.9 Å². The summed E-state index contributed by atoms with van der Waals surface area (Å²) in [6.07, 6.45) is 0.900. The standard InChI is InChI=1S/C24H22Cl2N4O4/c1-29(2)24(33)18-8-7-17(12-19(18)26)30(14-15-5-4-6-16(25)11-15)22(32)13-20(31)23-27-10-9-21(28-23)34-3/h4-12H,13-14H2,1-3H3. The summed E-state index contributed by atoms with van der Waals surface area (Å²) in [6.45, 7) is 0.128. The van der Waals surface area contributed by atoms with Gasteiger partial charge in [-0.1, -0.05) is 35.3 Å². The van der Waals surface area contributed by atoms with Crippen LogP contribution in [0.25, 0.3) is 0 Å². The van der Waals surface area contributed by atoms with Crippen molar-refractivity contribution in [1.29, 1.82) is 0 Å². The van der Waals surface area contributed by atoms with Crippen LogP contribution in [0.3, 0.4) is 0 Å². The second-order valence-electron chi connectivity index (χ2n) is 7.50. The minimum absolute atomic E-state index is 0.125. The Kier molecular flexibility index (Phi) is 8.20. The van der Waals surface area contributed by atoms with Crippen LogP contribution >= 0.6 is 23.2 Å². The van der Waals surface area contributed by atoms with E-state index in [1.807, 2.05) is 6.07 Å². The molecule has 2 amide bonds. The normalized spacial score (nSPS) is 10.5. The third-order valence-electron chi connectivity index (χ3n) is 4.83. The molecule has 0 N–H and O–H groups in total. The first kappa shape index (κ1) is 25.1. The molecule has 0 fully saturated rings. The van der Waals surface area contributed by atoms with Crippen LogP contribution in [0.4, 0.5) is 5.69 Å². The topological polar surface area (TPSA) is 92.7 Å². The van der Waals surface area contributed by atoms with Gasteiger partial charge >= 0.3 is 0 Å². The van der Waals surface area contributed by atoms with Gasteiger partial charge in [0.25, 0.3) is 5.91 Å². The number of carbonyl (C=O) groups is 3. The zero-order valence-corrected chi connectivity index (χ0v) is 20.3. The molecule has 0 aliphatic heterocycles. The SMILES string of the molecule is COc1ccnc(C(=O)CC(=O)N(Cc2cccc(Cl)c2)c2ccc(C(=O)N(C)C)c(Cl)c2)n1. The molecule has 10 heteroatoms. The highest BCUT2D eigenvalue weighted by Gasteiger charge is 2.24. The number of halogens is 2. The van der Waals surface area contributed by atoms with E-state index in [0.717, 1.165) is 5.56 Å². The van der Waals surface area contributed by atoms with Crippen LogP contribution < -0.4 is 9.64 Å². The number of hydrogen-bond donors (Lipinski definition) is 0. The monoisotopic (exact) mass is 500 g/mol. The number of nitrogens with zero attached hydrogens (tertiary/aromatic N) is 4. The van der Waals surface area contributed by atoms with E-state index in [1.165, 1.54) is 35.2 Å². The van der Waals surface area contributed by atoms with Crippen LogP contribution in [0.5, 0.6) is 5.88 Å². The molecule has 3 aromatic rings. The van der Waals surface area contributed by atoms with E-state index in [-0.39, 0.29) is 29.2 Å². The van der Waals surface area contributed by atoms with E-state index >= 15 is 0 Å². The Morgan fingerprint density at radius 2 is 1.79 bits per heavy atom. The molecule has 34 heavy (non-hydrogen) atoms. The van der Waals surface area contributed by atoms with Gasteiger partial charge in [0.05, 0.1) is 30.7 Å². The summed E-state index contributed by atoms with van der Waals surface area (Å²) in [5.74, 6) is -1.24. The van der Waals surface area contributed by atoms with Crippen LogP contribution in [0.2, 0.25) is 10.0 Å². The Morgan fingerprint density at radius 1 is 1.03 bits per heavy atom. The van der Waals surface area contributed by atoms with Gasteiger partial charge in [0.2, 0.25) is 17.6 Å². The van der Waals surface area contributed by atoms with Crippen molar-refractivity contribution in [2.75, 3.05) is 26.1 Å². The molecular formula is C24H22Cl2N4O4. The number of ketones is 1. The molecule has 0 saturated carbocycles. The van der Waals surface area contributed by atoms with Crippen molar-refractivity contribution in [3.63, 3.8) is 0 Å². The predicted molar refractivity (Wildman–Crippen MR) is 130 cm³/mol. The predicted octanol–water partition coefficient (Wildman–Crippen LogP) is 4.30. The molecule has 0 spiro atoms. The number of hydrogen-bond acceptors (Lipinski definition) is 6. The molecule has 3 rings (SSSR count). The van der Waals surface area contributed by atoms with Gasteiger partial charge in [-0.15, -0.1) is 0 Å². The summed E-state index contributed by atoms with van der Waals surface area (Å²) in [7, 11) is 4.66. The molecule has 1 aromatic heterocycles. The van der Waals surface area contributed by atoms with Crippen LogP contribution in [0.15, 0.2) is 54.7 Å². The summed E-state index contributed by atoms with van der Waals surface area (Å²) < 4.78 is 5.02. The van der Waals surface area contributed by atoms with E-state index in [1.54, 1.807) is 44.4 Å². The number of anilines is 1. The van der Waals surface area contributed by atoms with Crippen LogP contribution in [-0.2, 0) is 11.3 Å². The summed E-state index contributed by atoms with van der Waals surface area (Å²) in [5, 5.41) is 0.693. The van der Waals surface area contributed by atoms with Gasteiger partial charge in [0.15, 0.2) is 5.82 Å². The van der Waals surface area contributed by atoms with Gasteiger partial charge in [0.1, 0.15) is 0 Å². The third-order valence-corrected chi connectivity index (χ3v) is 5.38. The Balaban J connectivity index is 1.93. The number of Topliss-reactive ketones (excluding diaryl/α,β-unsaturated/α-hetero) is 1. The number of ether oxygens (including phenoxy) is 1. The average Bonchev–Trinajstić information content (AvgIpc) is 2.82. The van der Waals surface area contributed by atoms with Gasteiger partial charge in [-0.05, 0) is 35.9 Å². The van der Waals surface area contributed by atoms with Crippen molar-refractivity contribution in [2.24, 2.45) is 0 Å². The van der Waals surface area contributed by atoms with Gasteiger partial charge in [-0.3, -0.25) is 14.4 Å². The minimum atomic E-state index is -0.564. The first-order chi connectivity index (χ1) is 16.2. The second kappa shape index (κ2) is 11.1. The van der Waals surface area contributed by atoms with E-state index < -0.39 is 18.1 Å². The maximum Gasteiger partial charge on any atom is 0.254 e. The molecule has 176 valence electrons. The lowest BCUT2D eigenvalue weighted by Crippen LogP contribution is -2.32. The van der Waals surface area contributed by atoms with E-state index in [9.17, 15) is 14.4 Å². The quantitative estimate of drug-likeness (QED) is 0.338. The van der Waals surface area contributed by atoms with Crippen molar-refractivity contribution in [3.05, 3.63) is 81.7 Å². The summed E-state index contributed by atoms with van der Waals surface area (Å²) in [4.78, 5) is 49.1. The van der Waals surface area contributed by atoms with Gasteiger partial charge in [-0.25, -0.2) is 4.98 Å². The molecule has 0 unspecified atom stereocenters. The number of aromatic nitrogens is 2. The fourth-order valence-corrected chi connectivity index (χ4v) is 3.60. The average molecular weight is 501 g/mol. The van der Waals surface area contributed by atoms with Crippen molar-refractivity contribution in [3.8, 4) is 5.88 Å². The molecule has 1 heterocycles. The number of benzene rings is 2. The molecule has 0 saturated heterocycles. The van der Waals surface area contributed by atoms with E-state index in [0.29, 0.717) is 16.3 Å². The summed E-state index contributed by atoms with van der Waals surface area (Å²) >= 11 is 12.5. The Hall–Kier alpha value is -3.49. The van der Waals surface area contributed by atoms with Crippen LogP contribution in [0, 0.1) is 0 Å². The molecule has 0 atom stereocenters. The Bertz CT molecular complexity index is 1230. The maximum absolute atomic E-state index is 13.3. The summed E-state index contributed by atoms with van der Waals surface area (Å²) in [6, 6.07) is 13.2. The molecule has 0 aliphatic rings. The van der Waals surface area contributed by atoms with Crippen LogP contribution in [0.1, 0.15) is 33.0 Å². The highest BCUT2D eigenvalue weighted by atomic mass is 35.5.